The summed E-state index contributed by atoms with van der Waals surface area (Å²) in [6.45, 7) is 5.79. The molecule has 1 fully saturated rings. The maximum Gasteiger partial charge on any atom is 0.346 e. The van der Waals surface area contributed by atoms with Crippen LogP contribution < -0.4 is 14.4 Å². The van der Waals surface area contributed by atoms with Crippen LogP contribution in [0, 0.1) is 0 Å². The molecule has 0 radical (unpaired) electrons. The summed E-state index contributed by atoms with van der Waals surface area (Å²) in [6, 6.07) is 17.5. The molecule has 0 N–H and O–H groups in total. The van der Waals surface area contributed by atoms with Crippen molar-refractivity contribution in [1.82, 2.24) is 14.9 Å². The van der Waals surface area contributed by atoms with Gasteiger partial charge in [-0.05, 0) is 43.8 Å². The van der Waals surface area contributed by atoms with E-state index in [9.17, 15) is 4.79 Å². The van der Waals surface area contributed by atoms with Crippen molar-refractivity contribution in [2.75, 3.05) is 45.2 Å². The molecule has 2 aromatic carbocycles. The average molecular weight is 495 g/mol. The molecule has 184 valence electrons. The van der Waals surface area contributed by atoms with Gasteiger partial charge in [-0.3, -0.25) is 0 Å². The fraction of sp³-hybridized carbons (Fsp3) is 0.346. The van der Waals surface area contributed by atoms with Crippen molar-refractivity contribution in [3.05, 3.63) is 66.4 Å². The zero-order valence-electron chi connectivity index (χ0n) is 20.2. The van der Waals surface area contributed by atoms with Gasteiger partial charge < -0.3 is 24.0 Å². The molecule has 4 rings (SSSR count). The third-order valence-corrected chi connectivity index (χ3v) is 6.62. The zero-order chi connectivity index (χ0) is 24.6. The Morgan fingerprint density at radius 3 is 2.46 bits per heavy atom. The van der Waals surface area contributed by atoms with Gasteiger partial charge in [-0.1, -0.05) is 42.1 Å². The van der Waals surface area contributed by atoms with E-state index in [0.29, 0.717) is 24.2 Å². The maximum absolute atomic E-state index is 11.6. The van der Waals surface area contributed by atoms with Gasteiger partial charge >= 0.3 is 5.97 Å². The molecule has 1 aromatic heterocycles. The molecule has 1 aliphatic rings. The second kappa shape index (κ2) is 11.9. The molecular weight excluding hydrogens is 464 g/mol. The van der Waals surface area contributed by atoms with Gasteiger partial charge in [0.2, 0.25) is 11.8 Å². The second-order valence-electron chi connectivity index (χ2n) is 8.26. The Balaban J connectivity index is 1.50. The van der Waals surface area contributed by atoms with Crippen molar-refractivity contribution < 1.29 is 19.0 Å². The number of hydrogen-bond donors (Lipinski definition) is 0. The van der Waals surface area contributed by atoms with Crippen LogP contribution in [0.25, 0.3) is 0 Å². The number of anilines is 1. The van der Waals surface area contributed by atoms with Gasteiger partial charge in [0.15, 0.2) is 6.10 Å². The van der Waals surface area contributed by atoms with Gasteiger partial charge in [-0.15, -0.1) is 0 Å². The SMILES string of the molecule is COC(=O)C(C)Oc1ccc(Sc2cnc(N3CCN(C)CC3)nc2OCc2ccccc2)cc1. The Hall–Kier alpha value is -3.30. The van der Waals surface area contributed by atoms with E-state index in [-0.39, 0.29) is 0 Å². The Morgan fingerprint density at radius 1 is 1.06 bits per heavy atom. The molecule has 0 saturated carbocycles. The summed E-state index contributed by atoms with van der Waals surface area (Å²) >= 11 is 1.52. The largest absolute Gasteiger partial charge is 0.479 e. The summed E-state index contributed by atoms with van der Waals surface area (Å²) in [5, 5.41) is 0. The summed E-state index contributed by atoms with van der Waals surface area (Å²) < 4.78 is 16.5. The van der Waals surface area contributed by atoms with Gasteiger partial charge in [0, 0.05) is 31.1 Å². The third kappa shape index (κ3) is 6.86. The summed E-state index contributed by atoms with van der Waals surface area (Å²) in [5.41, 5.74) is 1.07. The zero-order valence-corrected chi connectivity index (χ0v) is 21.0. The molecule has 1 atom stereocenters. The normalized spacial score (nSPS) is 14.9. The van der Waals surface area contributed by atoms with E-state index < -0.39 is 12.1 Å². The molecule has 9 heteroatoms. The minimum Gasteiger partial charge on any atom is -0.479 e. The van der Waals surface area contributed by atoms with Crippen molar-refractivity contribution in [2.45, 2.75) is 29.4 Å². The summed E-state index contributed by atoms with van der Waals surface area (Å²) in [7, 11) is 3.47. The number of piperazine rings is 1. The highest BCUT2D eigenvalue weighted by molar-refractivity contribution is 7.99. The molecule has 0 aliphatic carbocycles. The number of carbonyl (C=O) groups excluding carboxylic acids is 1. The van der Waals surface area contributed by atoms with Crippen molar-refractivity contribution in [3.63, 3.8) is 0 Å². The lowest BCUT2D eigenvalue weighted by Crippen LogP contribution is -2.45. The Kier molecular flexibility index (Phi) is 8.44. The highest BCUT2D eigenvalue weighted by Gasteiger charge is 2.19. The van der Waals surface area contributed by atoms with Crippen LogP contribution in [0.5, 0.6) is 11.6 Å². The highest BCUT2D eigenvalue weighted by Crippen LogP contribution is 2.35. The number of ether oxygens (including phenoxy) is 3. The fourth-order valence-corrected chi connectivity index (χ4v) is 4.36. The first kappa shape index (κ1) is 24.8. The molecule has 1 saturated heterocycles. The van der Waals surface area contributed by atoms with Crippen LogP contribution in [0.4, 0.5) is 5.95 Å². The predicted octanol–water partition coefficient (Wildman–Crippen LogP) is 3.90. The van der Waals surface area contributed by atoms with Crippen LogP contribution in [-0.4, -0.2) is 67.3 Å². The van der Waals surface area contributed by atoms with Crippen LogP contribution in [0.1, 0.15) is 12.5 Å². The molecule has 0 spiro atoms. The van der Waals surface area contributed by atoms with Gasteiger partial charge in [0.1, 0.15) is 12.4 Å². The molecule has 0 amide bonds. The lowest BCUT2D eigenvalue weighted by atomic mass is 10.2. The number of carbonyl (C=O) groups is 1. The van der Waals surface area contributed by atoms with Crippen LogP contribution in [0.15, 0.2) is 70.6 Å². The average Bonchev–Trinajstić information content (AvgIpc) is 2.89. The topological polar surface area (TPSA) is 77.0 Å². The molecule has 35 heavy (non-hydrogen) atoms. The van der Waals surface area contributed by atoms with Gasteiger partial charge in [-0.25, -0.2) is 9.78 Å². The molecule has 8 nitrogen and oxygen atoms in total. The van der Waals surface area contributed by atoms with Gasteiger partial charge in [-0.2, -0.15) is 4.98 Å². The van der Waals surface area contributed by atoms with E-state index >= 15 is 0 Å². The van der Waals surface area contributed by atoms with E-state index in [1.165, 1.54) is 18.9 Å². The molecule has 1 aliphatic heterocycles. The molecule has 1 unspecified atom stereocenters. The van der Waals surface area contributed by atoms with E-state index in [1.807, 2.05) is 60.8 Å². The standard InChI is InChI=1S/C26H30N4O4S/c1-19(25(31)32-3)34-21-9-11-22(12-10-21)35-23-17-27-26(30-15-13-29(2)14-16-30)28-24(23)33-18-20-7-5-4-6-8-20/h4-12,17,19H,13-16,18H2,1-3H3. The molecule has 3 aromatic rings. The quantitative estimate of drug-likeness (QED) is 0.412. The van der Waals surface area contributed by atoms with Crippen molar-refractivity contribution >= 4 is 23.7 Å². The Morgan fingerprint density at radius 2 is 1.77 bits per heavy atom. The fourth-order valence-electron chi connectivity index (χ4n) is 3.54. The summed E-state index contributed by atoms with van der Waals surface area (Å²) in [6.07, 6.45) is 1.15. The van der Waals surface area contributed by atoms with Crippen LogP contribution in [0.3, 0.4) is 0 Å². The van der Waals surface area contributed by atoms with Crippen molar-refractivity contribution in [1.29, 1.82) is 0 Å². The van der Waals surface area contributed by atoms with Crippen molar-refractivity contribution in [2.24, 2.45) is 0 Å². The number of likely N-dealkylation sites (N-methyl/N-ethyl adjacent to an activating group) is 1. The minimum atomic E-state index is -0.674. The number of nitrogens with zero attached hydrogens (tertiary/aromatic N) is 4. The minimum absolute atomic E-state index is 0.416. The number of hydrogen-bond acceptors (Lipinski definition) is 9. The molecule has 2 heterocycles. The monoisotopic (exact) mass is 494 g/mol. The first-order valence-electron chi connectivity index (χ1n) is 11.5. The summed E-state index contributed by atoms with van der Waals surface area (Å²) in [4.78, 5) is 27.3. The van der Waals surface area contributed by atoms with E-state index in [1.54, 1.807) is 6.92 Å². The molecule has 0 bridgehead atoms. The van der Waals surface area contributed by atoms with Gasteiger partial charge in [0.05, 0.1) is 18.2 Å². The first-order chi connectivity index (χ1) is 17.0. The lowest BCUT2D eigenvalue weighted by molar-refractivity contribution is -0.147. The van der Waals surface area contributed by atoms with Crippen LogP contribution in [0.2, 0.25) is 0 Å². The number of methoxy groups -OCH3 is 1. The smallest absolute Gasteiger partial charge is 0.346 e. The lowest BCUT2D eigenvalue weighted by Gasteiger charge is -2.32. The van der Waals surface area contributed by atoms with Crippen LogP contribution in [-0.2, 0) is 16.1 Å². The van der Waals surface area contributed by atoms with E-state index in [4.69, 9.17) is 19.2 Å². The van der Waals surface area contributed by atoms with Crippen LogP contribution >= 0.6 is 11.8 Å². The van der Waals surface area contributed by atoms with E-state index in [2.05, 4.69) is 21.8 Å². The predicted molar refractivity (Wildman–Crippen MR) is 135 cm³/mol. The Bertz CT molecular complexity index is 1110. The van der Waals surface area contributed by atoms with Crippen molar-refractivity contribution in [3.8, 4) is 11.6 Å². The number of rotatable bonds is 9. The second-order valence-corrected chi connectivity index (χ2v) is 9.38. The van der Waals surface area contributed by atoms with E-state index in [0.717, 1.165) is 41.5 Å². The highest BCUT2D eigenvalue weighted by atomic mass is 32.2. The third-order valence-electron chi connectivity index (χ3n) is 5.61. The number of esters is 1. The molecular formula is C26H30N4O4S. The van der Waals surface area contributed by atoms with Gasteiger partial charge in [0.25, 0.3) is 0 Å². The maximum atomic E-state index is 11.6. The first-order valence-corrected chi connectivity index (χ1v) is 12.3. The summed E-state index contributed by atoms with van der Waals surface area (Å²) in [5.74, 6) is 1.42. The number of benzene rings is 2. The number of aromatic nitrogens is 2. The Labute approximate surface area is 210 Å².